The van der Waals surface area contributed by atoms with E-state index < -0.39 is 0 Å². The molecule has 1 atom stereocenters. The molecule has 0 bridgehead atoms. The first-order valence-corrected chi connectivity index (χ1v) is 6.16. The molecule has 4 heteroatoms. The second-order valence-corrected chi connectivity index (χ2v) is 5.01. The summed E-state index contributed by atoms with van der Waals surface area (Å²) >= 11 is 0. The molecule has 2 N–H and O–H groups in total. The van der Waals surface area contributed by atoms with Gasteiger partial charge < -0.3 is 5.73 Å². The van der Waals surface area contributed by atoms with Crippen LogP contribution in [-0.2, 0) is 6.42 Å². The van der Waals surface area contributed by atoms with Crippen molar-refractivity contribution in [1.82, 2.24) is 14.8 Å². The van der Waals surface area contributed by atoms with Crippen molar-refractivity contribution in [2.45, 2.75) is 59.0 Å². The largest absolute Gasteiger partial charge is 0.327 e. The molecule has 0 saturated heterocycles. The molecular formula is C12H24N4. The van der Waals surface area contributed by atoms with Crippen LogP contribution in [0.25, 0.3) is 0 Å². The van der Waals surface area contributed by atoms with Gasteiger partial charge in [0.15, 0.2) is 0 Å². The quantitative estimate of drug-likeness (QED) is 0.805. The summed E-state index contributed by atoms with van der Waals surface area (Å²) in [6.07, 6.45) is 4.75. The van der Waals surface area contributed by atoms with Crippen LogP contribution < -0.4 is 5.73 Å². The average Bonchev–Trinajstić information content (AvgIpc) is 2.65. The highest BCUT2D eigenvalue weighted by molar-refractivity contribution is 4.87. The number of aryl methyl sites for hydroxylation is 1. The van der Waals surface area contributed by atoms with Crippen LogP contribution in [0.5, 0.6) is 0 Å². The summed E-state index contributed by atoms with van der Waals surface area (Å²) in [7, 11) is 0. The molecule has 1 heterocycles. The molecule has 1 aromatic heterocycles. The zero-order chi connectivity index (χ0) is 12.1. The van der Waals surface area contributed by atoms with Crippen LogP contribution >= 0.6 is 0 Å². The fourth-order valence-corrected chi connectivity index (χ4v) is 1.71. The maximum atomic E-state index is 6.01. The molecule has 0 amide bonds. The maximum Gasteiger partial charge on any atom is 0.138 e. The van der Waals surface area contributed by atoms with Crippen molar-refractivity contribution in [3.05, 3.63) is 12.2 Å². The van der Waals surface area contributed by atoms with E-state index in [4.69, 9.17) is 5.73 Å². The van der Waals surface area contributed by atoms with Crippen molar-refractivity contribution < 1.29 is 0 Å². The molecule has 1 aromatic rings. The van der Waals surface area contributed by atoms with Crippen LogP contribution in [0, 0.1) is 5.92 Å². The Bertz CT molecular complexity index is 304. The third-order valence-electron chi connectivity index (χ3n) is 2.93. The van der Waals surface area contributed by atoms with Crippen molar-refractivity contribution in [2.24, 2.45) is 11.7 Å². The molecule has 4 nitrogen and oxygen atoms in total. The lowest BCUT2D eigenvalue weighted by molar-refractivity contribution is 0.441. The van der Waals surface area contributed by atoms with E-state index in [1.165, 1.54) is 0 Å². The van der Waals surface area contributed by atoms with E-state index in [9.17, 15) is 0 Å². The minimum atomic E-state index is 0.301. The molecule has 0 fully saturated rings. The Hall–Kier alpha value is -0.900. The van der Waals surface area contributed by atoms with E-state index in [2.05, 4.69) is 37.8 Å². The maximum absolute atomic E-state index is 6.01. The molecule has 1 unspecified atom stereocenters. The van der Waals surface area contributed by atoms with Gasteiger partial charge >= 0.3 is 0 Å². The van der Waals surface area contributed by atoms with Crippen LogP contribution in [0.4, 0.5) is 0 Å². The third-order valence-corrected chi connectivity index (χ3v) is 2.93. The summed E-state index contributed by atoms with van der Waals surface area (Å²) < 4.78 is 1.99. The van der Waals surface area contributed by atoms with Crippen LogP contribution in [0.15, 0.2) is 6.33 Å². The van der Waals surface area contributed by atoms with Gasteiger partial charge in [0.1, 0.15) is 12.2 Å². The van der Waals surface area contributed by atoms with Gasteiger partial charge in [-0.1, -0.05) is 13.8 Å². The summed E-state index contributed by atoms with van der Waals surface area (Å²) in [5, 5.41) is 4.22. The minimum absolute atomic E-state index is 0.301. The minimum Gasteiger partial charge on any atom is -0.327 e. The number of aromatic nitrogens is 3. The standard InChI is InChI=1S/C12H24N4/c1-9(2)11(13)6-5-7-12-14-8-15-16(12)10(3)4/h8-11H,5-7,13H2,1-4H3. The molecule has 0 aliphatic carbocycles. The lowest BCUT2D eigenvalue weighted by Crippen LogP contribution is -2.26. The Labute approximate surface area is 98.2 Å². The van der Waals surface area contributed by atoms with Crippen LogP contribution in [-0.4, -0.2) is 20.8 Å². The molecule has 1 rings (SSSR count). The summed E-state index contributed by atoms with van der Waals surface area (Å²) in [6, 6.07) is 0.687. The second kappa shape index (κ2) is 5.99. The lowest BCUT2D eigenvalue weighted by Gasteiger charge is -2.15. The van der Waals surface area contributed by atoms with Crippen molar-refractivity contribution >= 4 is 0 Å². The normalized spacial score (nSPS) is 13.7. The monoisotopic (exact) mass is 224 g/mol. The number of hydrogen-bond donors (Lipinski definition) is 1. The van der Waals surface area contributed by atoms with Crippen molar-refractivity contribution in [3.8, 4) is 0 Å². The van der Waals surface area contributed by atoms with Gasteiger partial charge in [-0.15, -0.1) is 0 Å². The third kappa shape index (κ3) is 3.59. The first kappa shape index (κ1) is 13.2. The highest BCUT2D eigenvalue weighted by Crippen LogP contribution is 2.11. The summed E-state index contributed by atoms with van der Waals surface area (Å²) in [5.41, 5.74) is 6.01. The average molecular weight is 224 g/mol. The van der Waals surface area contributed by atoms with E-state index in [-0.39, 0.29) is 0 Å². The Balaban J connectivity index is 2.40. The number of nitrogens with two attached hydrogens (primary N) is 1. The zero-order valence-electron chi connectivity index (χ0n) is 10.8. The highest BCUT2D eigenvalue weighted by atomic mass is 15.3. The molecule has 0 aromatic carbocycles. The Morgan fingerprint density at radius 2 is 2.00 bits per heavy atom. The molecular weight excluding hydrogens is 200 g/mol. The number of rotatable bonds is 6. The summed E-state index contributed by atoms with van der Waals surface area (Å²) in [4.78, 5) is 4.29. The Morgan fingerprint density at radius 1 is 1.31 bits per heavy atom. The van der Waals surface area contributed by atoms with Gasteiger partial charge in [0.25, 0.3) is 0 Å². The van der Waals surface area contributed by atoms with Crippen molar-refractivity contribution in [1.29, 1.82) is 0 Å². The fourth-order valence-electron chi connectivity index (χ4n) is 1.71. The van der Waals surface area contributed by atoms with Crippen molar-refractivity contribution in [2.75, 3.05) is 0 Å². The SMILES string of the molecule is CC(C)C(N)CCCc1ncnn1C(C)C. The van der Waals surface area contributed by atoms with E-state index in [1.807, 2.05) is 4.68 Å². The van der Waals surface area contributed by atoms with Gasteiger partial charge in [0.05, 0.1) is 0 Å². The van der Waals surface area contributed by atoms with Gasteiger partial charge in [-0.05, 0) is 32.6 Å². The highest BCUT2D eigenvalue weighted by Gasteiger charge is 2.10. The first-order valence-electron chi connectivity index (χ1n) is 6.16. The van der Waals surface area contributed by atoms with Gasteiger partial charge in [0.2, 0.25) is 0 Å². The molecule has 0 radical (unpaired) electrons. The predicted molar refractivity (Wildman–Crippen MR) is 66.2 cm³/mol. The lowest BCUT2D eigenvalue weighted by atomic mass is 9.99. The molecule has 92 valence electrons. The fraction of sp³-hybridized carbons (Fsp3) is 0.833. The number of hydrogen-bond acceptors (Lipinski definition) is 3. The Morgan fingerprint density at radius 3 is 2.56 bits per heavy atom. The van der Waals surface area contributed by atoms with Crippen LogP contribution in [0.2, 0.25) is 0 Å². The van der Waals surface area contributed by atoms with Gasteiger partial charge in [-0.25, -0.2) is 9.67 Å². The summed E-state index contributed by atoms with van der Waals surface area (Å²) in [5.74, 6) is 1.63. The topological polar surface area (TPSA) is 56.7 Å². The number of nitrogens with zero attached hydrogens (tertiary/aromatic N) is 3. The molecule has 0 aliphatic heterocycles. The van der Waals surface area contributed by atoms with Crippen LogP contribution in [0.1, 0.15) is 52.4 Å². The zero-order valence-corrected chi connectivity index (χ0v) is 10.8. The Kier molecular flexibility index (Phi) is 4.93. The van der Waals surface area contributed by atoms with E-state index in [0.29, 0.717) is 18.0 Å². The first-order chi connectivity index (χ1) is 7.52. The molecule has 0 aliphatic rings. The van der Waals surface area contributed by atoms with Gasteiger partial charge in [0, 0.05) is 18.5 Å². The smallest absolute Gasteiger partial charge is 0.138 e. The van der Waals surface area contributed by atoms with Crippen LogP contribution in [0.3, 0.4) is 0 Å². The molecule has 0 saturated carbocycles. The second-order valence-electron chi connectivity index (χ2n) is 5.01. The van der Waals surface area contributed by atoms with Gasteiger partial charge in [-0.2, -0.15) is 5.10 Å². The van der Waals surface area contributed by atoms with E-state index >= 15 is 0 Å². The van der Waals surface area contributed by atoms with E-state index in [0.717, 1.165) is 25.1 Å². The van der Waals surface area contributed by atoms with Crippen molar-refractivity contribution in [3.63, 3.8) is 0 Å². The summed E-state index contributed by atoms with van der Waals surface area (Å²) in [6.45, 7) is 8.58. The van der Waals surface area contributed by atoms with Gasteiger partial charge in [-0.3, -0.25) is 0 Å². The molecule has 0 spiro atoms. The molecule has 16 heavy (non-hydrogen) atoms. The predicted octanol–water partition coefficient (Wildman–Crippen LogP) is 2.17. The van der Waals surface area contributed by atoms with E-state index in [1.54, 1.807) is 6.33 Å².